The standard InChI is InChI=1S/C5H6N2O.ClH/c1-4-2-5(3-8)7-6-4;/h2-3H,1H3,(H,6,7);1H. The third kappa shape index (κ3) is 1.85. The quantitative estimate of drug-likeness (QED) is 0.600. The van der Waals surface area contributed by atoms with E-state index in [4.69, 9.17) is 0 Å². The van der Waals surface area contributed by atoms with Gasteiger partial charge in [0.15, 0.2) is 6.29 Å². The summed E-state index contributed by atoms with van der Waals surface area (Å²) in [5, 5.41) is 6.28. The average molecular weight is 147 g/mol. The van der Waals surface area contributed by atoms with E-state index in [1.165, 1.54) is 0 Å². The van der Waals surface area contributed by atoms with Gasteiger partial charge in [-0.05, 0) is 13.0 Å². The number of carbonyl (C=O) groups is 1. The third-order valence-corrected chi connectivity index (χ3v) is 0.846. The predicted octanol–water partition coefficient (Wildman–Crippen LogP) is 0.952. The van der Waals surface area contributed by atoms with Crippen LogP contribution in [-0.2, 0) is 0 Å². The first kappa shape index (κ1) is 8.17. The first-order valence-corrected chi connectivity index (χ1v) is 2.30. The molecule has 0 saturated heterocycles. The fourth-order valence-electron chi connectivity index (χ4n) is 0.499. The van der Waals surface area contributed by atoms with Crippen molar-refractivity contribution in [3.63, 3.8) is 0 Å². The molecule has 0 bridgehead atoms. The van der Waals surface area contributed by atoms with E-state index in [-0.39, 0.29) is 12.4 Å². The Labute approximate surface area is 58.9 Å². The van der Waals surface area contributed by atoms with Gasteiger partial charge in [-0.25, -0.2) is 0 Å². The molecule has 3 nitrogen and oxygen atoms in total. The molecule has 4 heteroatoms. The van der Waals surface area contributed by atoms with E-state index in [0.717, 1.165) is 5.69 Å². The number of carbonyl (C=O) groups excluding carboxylic acids is 1. The number of aromatic amines is 1. The highest BCUT2D eigenvalue weighted by Crippen LogP contribution is 1.91. The Kier molecular flexibility index (Phi) is 2.95. The van der Waals surface area contributed by atoms with E-state index < -0.39 is 0 Å². The van der Waals surface area contributed by atoms with E-state index in [2.05, 4.69) is 10.2 Å². The van der Waals surface area contributed by atoms with Crippen molar-refractivity contribution in [1.82, 2.24) is 10.2 Å². The minimum Gasteiger partial charge on any atom is -0.296 e. The van der Waals surface area contributed by atoms with Crippen LogP contribution in [0.2, 0.25) is 0 Å². The fraction of sp³-hybridized carbons (Fsp3) is 0.200. The second-order valence-electron chi connectivity index (χ2n) is 1.59. The SMILES string of the molecule is Cc1cc(C=O)n[nH]1.Cl. The van der Waals surface area contributed by atoms with Crippen molar-refractivity contribution in [2.75, 3.05) is 0 Å². The zero-order valence-electron chi connectivity index (χ0n) is 4.92. The monoisotopic (exact) mass is 146 g/mol. The molecule has 0 aromatic carbocycles. The normalized spacial score (nSPS) is 8.11. The molecule has 1 aromatic rings. The van der Waals surface area contributed by atoms with Crippen molar-refractivity contribution in [1.29, 1.82) is 0 Å². The molecule has 9 heavy (non-hydrogen) atoms. The summed E-state index contributed by atoms with van der Waals surface area (Å²) >= 11 is 0. The molecule has 1 rings (SSSR count). The predicted molar refractivity (Wildman–Crippen MR) is 36.0 cm³/mol. The summed E-state index contributed by atoms with van der Waals surface area (Å²) < 4.78 is 0. The molecule has 0 aliphatic rings. The summed E-state index contributed by atoms with van der Waals surface area (Å²) in [5.41, 5.74) is 1.37. The number of aromatic nitrogens is 2. The van der Waals surface area contributed by atoms with Crippen LogP contribution in [-0.4, -0.2) is 16.5 Å². The Balaban J connectivity index is 0.000000640. The van der Waals surface area contributed by atoms with Crippen LogP contribution in [0.5, 0.6) is 0 Å². The number of rotatable bonds is 1. The number of nitrogens with zero attached hydrogens (tertiary/aromatic N) is 1. The minimum atomic E-state index is 0. The third-order valence-electron chi connectivity index (χ3n) is 0.846. The van der Waals surface area contributed by atoms with Gasteiger partial charge in [-0.3, -0.25) is 9.89 Å². The van der Waals surface area contributed by atoms with Gasteiger partial charge in [0.2, 0.25) is 0 Å². The van der Waals surface area contributed by atoms with E-state index in [0.29, 0.717) is 12.0 Å². The Hall–Kier alpha value is -0.830. The molecule has 1 N–H and O–H groups in total. The summed E-state index contributed by atoms with van der Waals surface area (Å²) in [6.07, 6.45) is 0.712. The van der Waals surface area contributed by atoms with Crippen LogP contribution in [0.15, 0.2) is 6.07 Å². The second-order valence-corrected chi connectivity index (χ2v) is 1.59. The number of H-pyrrole nitrogens is 1. The maximum absolute atomic E-state index is 9.94. The summed E-state index contributed by atoms with van der Waals surface area (Å²) in [6.45, 7) is 1.85. The largest absolute Gasteiger partial charge is 0.296 e. The van der Waals surface area contributed by atoms with Crippen molar-refractivity contribution in [2.45, 2.75) is 6.92 Å². The molecule has 0 aliphatic carbocycles. The second kappa shape index (κ2) is 3.25. The Morgan fingerprint density at radius 1 is 1.78 bits per heavy atom. The van der Waals surface area contributed by atoms with Crippen LogP contribution in [0.1, 0.15) is 16.2 Å². The smallest absolute Gasteiger partial charge is 0.170 e. The molecule has 0 amide bonds. The summed E-state index contributed by atoms with van der Waals surface area (Å²) in [5.74, 6) is 0. The molecule has 0 fully saturated rings. The molecule has 0 atom stereocenters. The maximum atomic E-state index is 9.94. The highest BCUT2D eigenvalue weighted by molar-refractivity contribution is 5.85. The maximum Gasteiger partial charge on any atom is 0.170 e. The van der Waals surface area contributed by atoms with Gasteiger partial charge in [0.05, 0.1) is 0 Å². The molecular weight excluding hydrogens is 140 g/mol. The molecule has 0 aliphatic heterocycles. The molecule has 1 aromatic heterocycles. The van der Waals surface area contributed by atoms with Gasteiger partial charge >= 0.3 is 0 Å². The van der Waals surface area contributed by atoms with Crippen molar-refractivity contribution in [3.8, 4) is 0 Å². The van der Waals surface area contributed by atoms with Gasteiger partial charge in [0.25, 0.3) is 0 Å². The minimum absolute atomic E-state index is 0. The van der Waals surface area contributed by atoms with E-state index in [1.54, 1.807) is 6.07 Å². The van der Waals surface area contributed by atoms with Crippen molar-refractivity contribution < 1.29 is 4.79 Å². The number of hydrogen-bond donors (Lipinski definition) is 1. The fourth-order valence-corrected chi connectivity index (χ4v) is 0.499. The van der Waals surface area contributed by atoms with Gasteiger partial charge in [-0.2, -0.15) is 5.10 Å². The number of hydrogen-bond acceptors (Lipinski definition) is 2. The van der Waals surface area contributed by atoms with Crippen molar-refractivity contribution >= 4 is 18.7 Å². The molecule has 0 spiro atoms. The Bertz CT molecular complexity index is 197. The summed E-state index contributed by atoms with van der Waals surface area (Å²) in [4.78, 5) is 9.94. The lowest BCUT2D eigenvalue weighted by Gasteiger charge is -1.68. The van der Waals surface area contributed by atoms with Gasteiger partial charge in [0.1, 0.15) is 5.69 Å². The highest BCUT2D eigenvalue weighted by atomic mass is 35.5. The number of aryl methyl sites for hydroxylation is 1. The number of aldehydes is 1. The van der Waals surface area contributed by atoms with Gasteiger partial charge in [0, 0.05) is 5.69 Å². The lowest BCUT2D eigenvalue weighted by molar-refractivity contribution is 0.111. The zero-order valence-corrected chi connectivity index (χ0v) is 5.73. The molecule has 0 unspecified atom stereocenters. The molecule has 1 heterocycles. The van der Waals surface area contributed by atoms with E-state index in [1.807, 2.05) is 6.92 Å². The summed E-state index contributed by atoms with van der Waals surface area (Å²) in [7, 11) is 0. The topological polar surface area (TPSA) is 45.8 Å². The Morgan fingerprint density at radius 3 is 2.67 bits per heavy atom. The molecule has 0 radical (unpaired) electrons. The van der Waals surface area contributed by atoms with E-state index in [9.17, 15) is 4.79 Å². The molecule has 50 valence electrons. The van der Waals surface area contributed by atoms with Crippen LogP contribution >= 0.6 is 12.4 Å². The Morgan fingerprint density at radius 2 is 2.44 bits per heavy atom. The number of nitrogens with one attached hydrogen (secondary N) is 1. The molecule has 0 saturated carbocycles. The highest BCUT2D eigenvalue weighted by Gasteiger charge is 1.90. The van der Waals surface area contributed by atoms with Gasteiger partial charge in [-0.1, -0.05) is 0 Å². The van der Waals surface area contributed by atoms with Crippen LogP contribution in [0.25, 0.3) is 0 Å². The first-order valence-electron chi connectivity index (χ1n) is 2.30. The van der Waals surface area contributed by atoms with Crippen molar-refractivity contribution in [2.24, 2.45) is 0 Å². The van der Waals surface area contributed by atoms with Gasteiger partial charge in [-0.15, -0.1) is 12.4 Å². The van der Waals surface area contributed by atoms with Crippen LogP contribution < -0.4 is 0 Å². The lowest BCUT2D eigenvalue weighted by Crippen LogP contribution is -1.75. The van der Waals surface area contributed by atoms with Crippen molar-refractivity contribution in [3.05, 3.63) is 17.5 Å². The first-order chi connectivity index (χ1) is 3.83. The zero-order chi connectivity index (χ0) is 5.98. The van der Waals surface area contributed by atoms with Crippen LogP contribution in [0.4, 0.5) is 0 Å². The van der Waals surface area contributed by atoms with E-state index >= 15 is 0 Å². The van der Waals surface area contributed by atoms with Crippen LogP contribution in [0.3, 0.4) is 0 Å². The number of halogens is 1. The lowest BCUT2D eigenvalue weighted by atomic mass is 10.4. The average Bonchev–Trinajstić information content (AvgIpc) is 2.14. The van der Waals surface area contributed by atoms with Gasteiger partial charge < -0.3 is 0 Å². The van der Waals surface area contributed by atoms with Crippen LogP contribution in [0, 0.1) is 6.92 Å². The summed E-state index contributed by atoms with van der Waals surface area (Å²) in [6, 6.07) is 1.69. The molecular formula is C5H7ClN2O.